The number of rotatable bonds is 3. The number of nitrogens with zero attached hydrogens (tertiary/aromatic N) is 1. The van der Waals surface area contributed by atoms with E-state index < -0.39 is 0 Å². The fourth-order valence-electron chi connectivity index (χ4n) is 2.61. The lowest BCUT2D eigenvalue weighted by Gasteiger charge is -2.27. The van der Waals surface area contributed by atoms with Gasteiger partial charge in [-0.3, -0.25) is 0 Å². The van der Waals surface area contributed by atoms with E-state index in [0.29, 0.717) is 6.42 Å². The number of fused-ring (bicyclic) bond motifs is 1. The zero-order valence-corrected chi connectivity index (χ0v) is 12.7. The molecule has 1 aliphatic heterocycles. The molecule has 1 atom stereocenters. The van der Waals surface area contributed by atoms with Gasteiger partial charge in [-0.15, -0.1) is 0 Å². The molecule has 0 bridgehead atoms. The van der Waals surface area contributed by atoms with E-state index in [4.69, 9.17) is 14.3 Å². The molecule has 0 N–H and O–H groups in total. The van der Waals surface area contributed by atoms with Gasteiger partial charge in [-0.25, -0.2) is 0 Å². The summed E-state index contributed by atoms with van der Waals surface area (Å²) in [5.74, 6) is 1.60. The molecule has 0 amide bonds. The van der Waals surface area contributed by atoms with Gasteiger partial charge in [-0.1, -0.05) is 23.4 Å². The predicted octanol–water partition coefficient (Wildman–Crippen LogP) is 3.75. The van der Waals surface area contributed by atoms with E-state index in [9.17, 15) is 0 Å². The molecule has 4 heteroatoms. The second-order valence-electron chi connectivity index (χ2n) is 5.14. The molecular weight excluding hydrogens is 278 g/mol. The van der Waals surface area contributed by atoms with E-state index in [1.807, 2.05) is 42.5 Å². The Labute approximate surface area is 130 Å². The minimum absolute atomic E-state index is 0.118. The van der Waals surface area contributed by atoms with Crippen LogP contribution in [-0.4, -0.2) is 19.9 Å². The van der Waals surface area contributed by atoms with Crippen LogP contribution >= 0.6 is 0 Å². The molecule has 0 saturated carbocycles. The molecule has 3 rings (SSSR count). The van der Waals surface area contributed by atoms with Gasteiger partial charge < -0.3 is 14.3 Å². The third-order valence-corrected chi connectivity index (χ3v) is 3.67. The maximum absolute atomic E-state index is 6.13. The predicted molar refractivity (Wildman–Crippen MR) is 85.4 cm³/mol. The fraction of sp³-hybridized carbons (Fsp3) is 0.222. The lowest BCUT2D eigenvalue weighted by Crippen LogP contribution is -2.21. The number of hydrogen-bond acceptors (Lipinski definition) is 4. The second-order valence-corrected chi connectivity index (χ2v) is 5.14. The summed E-state index contributed by atoms with van der Waals surface area (Å²) in [6, 6.07) is 13.7. The third kappa shape index (κ3) is 2.77. The number of methoxy groups -OCH3 is 1. The van der Waals surface area contributed by atoms with Crippen LogP contribution < -0.4 is 9.47 Å². The monoisotopic (exact) mass is 296 g/mol. The van der Waals surface area contributed by atoms with E-state index in [1.54, 1.807) is 14.2 Å². The Bertz CT molecular complexity index is 709. The largest absolute Gasteiger partial charge is 0.497 e. The van der Waals surface area contributed by atoms with E-state index in [-0.39, 0.29) is 6.10 Å². The van der Waals surface area contributed by atoms with Crippen molar-refractivity contribution in [2.24, 2.45) is 5.16 Å². The molecule has 113 valence electrons. The Morgan fingerprint density at radius 3 is 2.82 bits per heavy atom. The Hall–Kier alpha value is -2.49. The summed E-state index contributed by atoms with van der Waals surface area (Å²) in [6.07, 6.45) is 0.518. The zero-order valence-electron chi connectivity index (χ0n) is 12.7. The molecule has 1 heterocycles. The highest BCUT2D eigenvalue weighted by atomic mass is 16.6. The van der Waals surface area contributed by atoms with E-state index in [2.05, 4.69) is 12.1 Å². The molecule has 0 aromatic heterocycles. The highest BCUT2D eigenvalue weighted by Gasteiger charge is 2.27. The molecule has 4 nitrogen and oxygen atoms in total. The van der Waals surface area contributed by atoms with Crippen LogP contribution in [0.15, 0.2) is 47.6 Å². The van der Waals surface area contributed by atoms with Crippen molar-refractivity contribution >= 4 is 5.71 Å². The smallest absolute Gasteiger partial charge is 0.130 e. The molecule has 0 unspecified atom stereocenters. The summed E-state index contributed by atoms with van der Waals surface area (Å²) in [5.41, 5.74) is 3.77. The van der Waals surface area contributed by atoms with Gasteiger partial charge in [0, 0.05) is 12.0 Å². The van der Waals surface area contributed by atoms with Gasteiger partial charge in [0.25, 0.3) is 0 Å². The summed E-state index contributed by atoms with van der Waals surface area (Å²) in [7, 11) is 3.21. The molecule has 1 aliphatic rings. The van der Waals surface area contributed by atoms with Crippen molar-refractivity contribution in [3.05, 3.63) is 66.1 Å². The first kappa shape index (κ1) is 14.4. The average Bonchev–Trinajstić information content (AvgIpc) is 2.55. The summed E-state index contributed by atoms with van der Waals surface area (Å²) in [4.78, 5) is 4.99. The number of hydrogen-bond donors (Lipinski definition) is 0. The van der Waals surface area contributed by atoms with Crippen molar-refractivity contribution in [2.75, 3.05) is 14.2 Å². The normalized spacial score (nSPS) is 18.5. The Morgan fingerprint density at radius 2 is 2.05 bits per heavy atom. The van der Waals surface area contributed by atoms with Gasteiger partial charge in [0.2, 0.25) is 0 Å². The van der Waals surface area contributed by atoms with Crippen LogP contribution in [0.2, 0.25) is 0 Å². The lowest BCUT2D eigenvalue weighted by molar-refractivity contribution is 0.190. The van der Waals surface area contributed by atoms with Crippen LogP contribution in [0.25, 0.3) is 0 Å². The van der Waals surface area contributed by atoms with Crippen molar-refractivity contribution in [2.45, 2.75) is 12.5 Å². The molecular formula is C18H18NO3. The average molecular weight is 296 g/mol. The van der Waals surface area contributed by atoms with Crippen LogP contribution in [-0.2, 0) is 4.84 Å². The maximum atomic E-state index is 6.13. The van der Waals surface area contributed by atoms with Crippen molar-refractivity contribution < 1.29 is 14.3 Å². The Morgan fingerprint density at radius 1 is 1.18 bits per heavy atom. The molecule has 0 fully saturated rings. The third-order valence-electron chi connectivity index (χ3n) is 3.67. The van der Waals surface area contributed by atoms with Crippen LogP contribution in [0.3, 0.4) is 0 Å². The maximum Gasteiger partial charge on any atom is 0.130 e. The molecule has 22 heavy (non-hydrogen) atoms. The van der Waals surface area contributed by atoms with Crippen molar-refractivity contribution in [3.63, 3.8) is 0 Å². The van der Waals surface area contributed by atoms with Crippen LogP contribution in [0.4, 0.5) is 0 Å². The van der Waals surface area contributed by atoms with Crippen LogP contribution in [0.1, 0.15) is 29.2 Å². The first-order valence-corrected chi connectivity index (χ1v) is 7.08. The summed E-state index contributed by atoms with van der Waals surface area (Å²) in [6.45, 7) is 3.96. The summed E-state index contributed by atoms with van der Waals surface area (Å²) < 4.78 is 11.4. The van der Waals surface area contributed by atoms with E-state index in [1.165, 1.54) is 0 Å². The quantitative estimate of drug-likeness (QED) is 0.810. The van der Waals surface area contributed by atoms with Gasteiger partial charge in [0.1, 0.15) is 24.7 Å². The SMILES string of the molecule is [CH2]c1ccc2c(c1)C(=NOC)C[C@H](c1cccc(OC)c1)O2. The molecule has 1 radical (unpaired) electrons. The van der Waals surface area contributed by atoms with Gasteiger partial charge >= 0.3 is 0 Å². The number of oxime groups is 1. The fourth-order valence-corrected chi connectivity index (χ4v) is 2.61. The minimum atomic E-state index is -0.118. The first-order chi connectivity index (χ1) is 10.7. The summed E-state index contributed by atoms with van der Waals surface area (Å²) >= 11 is 0. The topological polar surface area (TPSA) is 40.0 Å². The van der Waals surface area contributed by atoms with Gasteiger partial charge in [-0.05, 0) is 42.3 Å². The Balaban J connectivity index is 1.99. The van der Waals surface area contributed by atoms with Crippen LogP contribution in [0.5, 0.6) is 11.5 Å². The Kier molecular flexibility index (Phi) is 4.00. The van der Waals surface area contributed by atoms with Crippen LogP contribution in [0, 0.1) is 6.92 Å². The lowest BCUT2D eigenvalue weighted by atomic mass is 9.94. The van der Waals surface area contributed by atoms with Crippen molar-refractivity contribution in [1.29, 1.82) is 0 Å². The molecule has 0 spiro atoms. The second kappa shape index (κ2) is 6.10. The minimum Gasteiger partial charge on any atom is -0.497 e. The molecule has 2 aromatic carbocycles. The van der Waals surface area contributed by atoms with Crippen molar-refractivity contribution in [3.8, 4) is 11.5 Å². The highest BCUT2D eigenvalue weighted by Crippen LogP contribution is 2.36. The molecule has 2 aromatic rings. The van der Waals surface area contributed by atoms with Crippen molar-refractivity contribution in [1.82, 2.24) is 0 Å². The van der Waals surface area contributed by atoms with E-state index >= 15 is 0 Å². The molecule has 0 saturated heterocycles. The summed E-state index contributed by atoms with van der Waals surface area (Å²) in [5, 5.41) is 4.16. The van der Waals surface area contributed by atoms with E-state index in [0.717, 1.165) is 33.9 Å². The van der Waals surface area contributed by atoms with Gasteiger partial charge in [-0.2, -0.15) is 0 Å². The number of ether oxygens (including phenoxy) is 2. The zero-order chi connectivity index (χ0) is 15.5. The number of benzene rings is 2. The highest BCUT2D eigenvalue weighted by molar-refractivity contribution is 6.04. The van der Waals surface area contributed by atoms with Gasteiger partial charge in [0.05, 0.1) is 12.8 Å². The molecule has 0 aliphatic carbocycles. The standard InChI is InChI=1S/C18H18NO3/c1-12-7-8-17-15(9-12)16(19-21-3)11-18(22-17)13-5-4-6-14(10-13)20-2/h4-10,18H,1,11H2,2-3H3/t18-/m1/s1. The first-order valence-electron chi connectivity index (χ1n) is 7.08. The van der Waals surface area contributed by atoms with Gasteiger partial charge in [0.15, 0.2) is 0 Å².